The molecule has 21 heavy (non-hydrogen) atoms. The van der Waals surface area contributed by atoms with E-state index in [1.165, 1.54) is 5.56 Å². The molecule has 0 aliphatic carbocycles. The molecule has 1 rings (SSSR count). The van der Waals surface area contributed by atoms with Gasteiger partial charge in [0.1, 0.15) is 5.54 Å². The summed E-state index contributed by atoms with van der Waals surface area (Å²) in [4.78, 5) is 12.2. The van der Waals surface area contributed by atoms with Gasteiger partial charge >= 0.3 is 5.97 Å². The summed E-state index contributed by atoms with van der Waals surface area (Å²) in [6.07, 6.45) is 0. The third-order valence-corrected chi connectivity index (χ3v) is 4.48. The van der Waals surface area contributed by atoms with Gasteiger partial charge in [-0.15, -0.1) is 0 Å². The molecule has 0 aliphatic heterocycles. The van der Waals surface area contributed by atoms with Gasteiger partial charge < -0.3 is 4.74 Å². The predicted molar refractivity (Wildman–Crippen MR) is 90.9 cm³/mol. The lowest BCUT2D eigenvalue weighted by Gasteiger charge is -2.30. The van der Waals surface area contributed by atoms with E-state index < -0.39 is 5.54 Å². The van der Waals surface area contributed by atoms with Gasteiger partial charge in [-0.2, -0.15) is 11.8 Å². The van der Waals surface area contributed by atoms with Crippen molar-refractivity contribution in [3.8, 4) is 0 Å². The topological polar surface area (TPSA) is 38.3 Å². The lowest BCUT2D eigenvalue weighted by atomic mass is 10.0. The third-order valence-electron chi connectivity index (χ3n) is 2.91. The second-order valence-electron chi connectivity index (χ2n) is 5.47. The van der Waals surface area contributed by atoms with Gasteiger partial charge in [-0.25, -0.2) is 0 Å². The number of benzene rings is 1. The maximum Gasteiger partial charge on any atom is 0.326 e. The molecule has 1 atom stereocenters. The Morgan fingerprint density at radius 1 is 1.38 bits per heavy atom. The number of thioether (sulfide) groups is 1. The normalized spacial score (nSPS) is 14.0. The van der Waals surface area contributed by atoms with E-state index in [4.69, 9.17) is 16.3 Å². The number of carbonyl (C=O) groups is 1. The van der Waals surface area contributed by atoms with Crippen molar-refractivity contribution in [2.45, 2.75) is 45.0 Å². The molecule has 1 aromatic rings. The molecular weight excluding hydrogens is 306 g/mol. The first-order valence-corrected chi connectivity index (χ1v) is 8.67. The van der Waals surface area contributed by atoms with Crippen LogP contribution in [0.15, 0.2) is 24.3 Å². The summed E-state index contributed by atoms with van der Waals surface area (Å²) in [6.45, 7) is 8.19. The summed E-state index contributed by atoms with van der Waals surface area (Å²) in [5.41, 5.74) is 0.529. The monoisotopic (exact) mass is 329 g/mol. The van der Waals surface area contributed by atoms with Gasteiger partial charge in [0.25, 0.3) is 0 Å². The summed E-state index contributed by atoms with van der Waals surface area (Å²) in [7, 11) is 0. The van der Waals surface area contributed by atoms with Crippen LogP contribution in [0, 0.1) is 0 Å². The standard InChI is InChI=1S/C16H24ClNO2S/c1-5-20-15(19)16(4,18-12(2)3)11-21-10-13-6-8-14(17)9-7-13/h6-9,12,18H,5,10-11H2,1-4H3. The highest BCUT2D eigenvalue weighted by Gasteiger charge is 2.34. The molecule has 0 spiro atoms. The maximum atomic E-state index is 12.2. The Labute approximate surface area is 136 Å². The zero-order valence-corrected chi connectivity index (χ0v) is 14.7. The molecule has 0 saturated carbocycles. The van der Waals surface area contributed by atoms with Crippen molar-refractivity contribution in [2.24, 2.45) is 0 Å². The zero-order chi connectivity index (χ0) is 15.9. The van der Waals surface area contributed by atoms with Crippen LogP contribution in [-0.2, 0) is 15.3 Å². The molecular formula is C16H24ClNO2S. The number of rotatable bonds is 8. The Balaban J connectivity index is 2.60. The van der Waals surface area contributed by atoms with Crippen LogP contribution in [0.4, 0.5) is 0 Å². The van der Waals surface area contributed by atoms with Crippen LogP contribution in [0.1, 0.15) is 33.3 Å². The van der Waals surface area contributed by atoms with Crippen LogP contribution in [0.5, 0.6) is 0 Å². The molecule has 3 nitrogen and oxygen atoms in total. The van der Waals surface area contributed by atoms with Crippen molar-refractivity contribution in [3.05, 3.63) is 34.9 Å². The first-order chi connectivity index (χ1) is 9.87. The molecule has 0 amide bonds. The molecule has 0 heterocycles. The fraction of sp³-hybridized carbons (Fsp3) is 0.562. The SMILES string of the molecule is CCOC(=O)C(C)(CSCc1ccc(Cl)cc1)NC(C)C. The zero-order valence-electron chi connectivity index (χ0n) is 13.1. The molecule has 0 aliphatic rings. The minimum absolute atomic E-state index is 0.192. The lowest BCUT2D eigenvalue weighted by molar-refractivity contribution is -0.149. The van der Waals surface area contributed by atoms with Crippen LogP contribution in [0.25, 0.3) is 0 Å². The molecule has 1 aromatic carbocycles. The van der Waals surface area contributed by atoms with E-state index in [1.54, 1.807) is 11.8 Å². The highest BCUT2D eigenvalue weighted by molar-refractivity contribution is 7.98. The average molecular weight is 330 g/mol. The molecule has 1 unspecified atom stereocenters. The number of esters is 1. The second kappa shape index (κ2) is 8.66. The predicted octanol–water partition coefficient (Wildman–Crippen LogP) is 3.89. The van der Waals surface area contributed by atoms with E-state index in [2.05, 4.69) is 5.32 Å². The smallest absolute Gasteiger partial charge is 0.326 e. The fourth-order valence-corrected chi connectivity index (χ4v) is 3.31. The van der Waals surface area contributed by atoms with E-state index in [0.29, 0.717) is 12.4 Å². The highest BCUT2D eigenvalue weighted by atomic mass is 35.5. The molecule has 0 aromatic heterocycles. The second-order valence-corrected chi connectivity index (χ2v) is 6.89. The van der Waals surface area contributed by atoms with E-state index in [9.17, 15) is 4.79 Å². The van der Waals surface area contributed by atoms with Crippen molar-refractivity contribution >= 4 is 29.3 Å². The molecule has 118 valence electrons. The summed E-state index contributed by atoms with van der Waals surface area (Å²) in [5.74, 6) is 1.31. The van der Waals surface area contributed by atoms with E-state index in [-0.39, 0.29) is 12.0 Å². The molecule has 0 fully saturated rings. The quantitative estimate of drug-likeness (QED) is 0.734. The van der Waals surface area contributed by atoms with E-state index in [0.717, 1.165) is 10.8 Å². The van der Waals surface area contributed by atoms with Crippen molar-refractivity contribution in [3.63, 3.8) is 0 Å². The van der Waals surface area contributed by atoms with Crippen molar-refractivity contribution in [1.29, 1.82) is 0 Å². The Morgan fingerprint density at radius 2 is 2.00 bits per heavy atom. The number of carbonyl (C=O) groups excluding carboxylic acids is 1. The Hall–Kier alpha value is -0.710. The van der Waals surface area contributed by atoms with Crippen LogP contribution in [-0.4, -0.2) is 29.9 Å². The van der Waals surface area contributed by atoms with Gasteiger partial charge in [-0.05, 0) is 45.4 Å². The van der Waals surface area contributed by atoms with Gasteiger partial charge in [0.05, 0.1) is 6.61 Å². The molecule has 1 N–H and O–H groups in total. The summed E-state index contributed by atoms with van der Waals surface area (Å²) in [6, 6.07) is 8.00. The van der Waals surface area contributed by atoms with Crippen LogP contribution >= 0.6 is 23.4 Å². The summed E-state index contributed by atoms with van der Waals surface area (Å²) in [5, 5.41) is 4.06. The number of ether oxygens (including phenoxy) is 1. The van der Waals surface area contributed by atoms with Crippen LogP contribution in [0.2, 0.25) is 5.02 Å². The number of hydrogen-bond acceptors (Lipinski definition) is 4. The van der Waals surface area contributed by atoms with Crippen LogP contribution < -0.4 is 5.32 Å². The van der Waals surface area contributed by atoms with Crippen molar-refractivity contribution < 1.29 is 9.53 Å². The van der Waals surface area contributed by atoms with Gasteiger partial charge in [-0.3, -0.25) is 10.1 Å². The number of halogens is 1. The van der Waals surface area contributed by atoms with Gasteiger partial charge in [0, 0.05) is 22.6 Å². The maximum absolute atomic E-state index is 12.2. The van der Waals surface area contributed by atoms with Gasteiger partial charge in [0.15, 0.2) is 0 Å². The summed E-state index contributed by atoms with van der Waals surface area (Å²) >= 11 is 7.58. The number of nitrogens with one attached hydrogen (secondary N) is 1. The minimum Gasteiger partial charge on any atom is -0.465 e. The Morgan fingerprint density at radius 3 is 2.52 bits per heavy atom. The largest absolute Gasteiger partial charge is 0.465 e. The Bertz CT molecular complexity index is 450. The molecule has 5 heteroatoms. The van der Waals surface area contributed by atoms with Gasteiger partial charge in [0.2, 0.25) is 0 Å². The molecule has 0 saturated heterocycles. The van der Waals surface area contributed by atoms with Crippen molar-refractivity contribution in [1.82, 2.24) is 5.32 Å². The van der Waals surface area contributed by atoms with Gasteiger partial charge in [-0.1, -0.05) is 23.7 Å². The number of hydrogen-bond donors (Lipinski definition) is 1. The molecule has 0 radical (unpaired) electrons. The minimum atomic E-state index is -0.665. The van der Waals surface area contributed by atoms with E-state index >= 15 is 0 Å². The highest BCUT2D eigenvalue weighted by Crippen LogP contribution is 2.21. The average Bonchev–Trinajstić information content (AvgIpc) is 2.40. The first-order valence-electron chi connectivity index (χ1n) is 7.14. The third kappa shape index (κ3) is 6.29. The lowest BCUT2D eigenvalue weighted by Crippen LogP contribution is -2.55. The van der Waals surface area contributed by atoms with Crippen LogP contribution in [0.3, 0.4) is 0 Å². The Kier molecular flexibility index (Phi) is 7.57. The molecule has 0 bridgehead atoms. The first kappa shape index (κ1) is 18.3. The van der Waals surface area contributed by atoms with Crippen molar-refractivity contribution in [2.75, 3.05) is 12.4 Å². The summed E-state index contributed by atoms with van der Waals surface area (Å²) < 4.78 is 5.19. The fourth-order valence-electron chi connectivity index (χ4n) is 2.04. The van der Waals surface area contributed by atoms with E-state index in [1.807, 2.05) is 52.0 Å².